The lowest BCUT2D eigenvalue weighted by Crippen LogP contribution is -2.19. The second-order valence-corrected chi connectivity index (χ2v) is 7.19. The van der Waals surface area contributed by atoms with E-state index >= 15 is 0 Å². The highest BCUT2D eigenvalue weighted by atomic mass is 79.9. The number of hydrogen-bond donors (Lipinski definition) is 1. The first-order valence-electron chi connectivity index (χ1n) is 6.77. The summed E-state index contributed by atoms with van der Waals surface area (Å²) >= 11 is 5.39. The lowest BCUT2D eigenvalue weighted by Gasteiger charge is -2.10. The van der Waals surface area contributed by atoms with Crippen LogP contribution in [0.25, 0.3) is 0 Å². The van der Waals surface area contributed by atoms with E-state index in [1.807, 2.05) is 13.0 Å². The summed E-state index contributed by atoms with van der Waals surface area (Å²) in [5, 5.41) is 3.46. The molecule has 0 aliphatic heterocycles. The molecule has 2 rings (SSSR count). The number of furan rings is 1. The standard InChI is InChI=1S/C16H20BrNOS/c1-11(2)9-18-10-13-4-5-14(8-15(13)17)20-16-6-7-19-12(16)3/h4-8,11,18H,9-10H2,1-3H3. The smallest absolute Gasteiger partial charge is 0.114 e. The molecule has 2 nitrogen and oxygen atoms in total. The highest BCUT2D eigenvalue weighted by molar-refractivity contribution is 9.10. The predicted molar refractivity (Wildman–Crippen MR) is 88.3 cm³/mol. The van der Waals surface area contributed by atoms with Crippen LogP contribution in [-0.4, -0.2) is 6.54 Å². The lowest BCUT2D eigenvalue weighted by molar-refractivity contribution is 0.527. The molecule has 108 valence electrons. The van der Waals surface area contributed by atoms with Crippen LogP contribution < -0.4 is 5.32 Å². The molecule has 0 saturated carbocycles. The Bertz CT molecular complexity index is 565. The third kappa shape index (κ3) is 4.40. The van der Waals surface area contributed by atoms with Crippen molar-refractivity contribution in [3.05, 3.63) is 46.3 Å². The van der Waals surface area contributed by atoms with Crippen LogP contribution in [0, 0.1) is 12.8 Å². The summed E-state index contributed by atoms with van der Waals surface area (Å²) in [5.74, 6) is 1.64. The number of aryl methyl sites for hydroxylation is 1. The van der Waals surface area contributed by atoms with E-state index in [-0.39, 0.29) is 0 Å². The molecule has 0 amide bonds. The number of hydrogen-bond acceptors (Lipinski definition) is 3. The molecule has 0 spiro atoms. The van der Waals surface area contributed by atoms with E-state index in [2.05, 4.69) is 53.3 Å². The molecule has 0 atom stereocenters. The highest BCUT2D eigenvalue weighted by Gasteiger charge is 2.06. The van der Waals surface area contributed by atoms with Crippen LogP contribution in [0.2, 0.25) is 0 Å². The van der Waals surface area contributed by atoms with Crippen LogP contribution in [-0.2, 0) is 6.54 Å². The summed E-state index contributed by atoms with van der Waals surface area (Å²) in [6.07, 6.45) is 1.73. The van der Waals surface area contributed by atoms with E-state index < -0.39 is 0 Å². The third-order valence-corrected chi connectivity index (χ3v) is 4.80. The Morgan fingerprint density at radius 1 is 1.30 bits per heavy atom. The van der Waals surface area contributed by atoms with Crippen molar-refractivity contribution >= 4 is 27.7 Å². The Labute approximate surface area is 133 Å². The fourth-order valence-corrected chi connectivity index (χ4v) is 3.39. The first kappa shape index (κ1) is 15.7. The van der Waals surface area contributed by atoms with Crippen molar-refractivity contribution in [1.29, 1.82) is 0 Å². The van der Waals surface area contributed by atoms with Crippen LogP contribution in [0.15, 0.2) is 49.2 Å². The Kier molecular flexibility index (Phi) is 5.75. The fraction of sp³-hybridized carbons (Fsp3) is 0.375. The van der Waals surface area contributed by atoms with E-state index in [0.29, 0.717) is 5.92 Å². The number of benzene rings is 1. The Morgan fingerprint density at radius 3 is 2.70 bits per heavy atom. The zero-order valence-corrected chi connectivity index (χ0v) is 14.5. The maximum absolute atomic E-state index is 5.32. The van der Waals surface area contributed by atoms with Gasteiger partial charge in [0.1, 0.15) is 5.76 Å². The summed E-state index contributed by atoms with van der Waals surface area (Å²) in [4.78, 5) is 2.39. The summed E-state index contributed by atoms with van der Waals surface area (Å²) in [6, 6.07) is 8.51. The Morgan fingerprint density at radius 2 is 2.10 bits per heavy atom. The lowest BCUT2D eigenvalue weighted by atomic mass is 10.2. The largest absolute Gasteiger partial charge is 0.468 e. The van der Waals surface area contributed by atoms with Gasteiger partial charge in [0.2, 0.25) is 0 Å². The molecule has 0 radical (unpaired) electrons. The number of nitrogens with one attached hydrogen (secondary N) is 1. The van der Waals surface area contributed by atoms with Gasteiger partial charge in [0.15, 0.2) is 0 Å². The summed E-state index contributed by atoms with van der Waals surface area (Å²) in [7, 11) is 0. The quantitative estimate of drug-likeness (QED) is 0.767. The molecule has 2 aromatic rings. The van der Waals surface area contributed by atoms with Gasteiger partial charge >= 0.3 is 0 Å². The first-order chi connectivity index (χ1) is 9.56. The van der Waals surface area contributed by atoms with Crippen molar-refractivity contribution in [3.63, 3.8) is 0 Å². The van der Waals surface area contributed by atoms with Crippen molar-refractivity contribution in [1.82, 2.24) is 5.32 Å². The van der Waals surface area contributed by atoms with Crippen molar-refractivity contribution in [2.45, 2.75) is 37.1 Å². The van der Waals surface area contributed by atoms with Gasteiger partial charge in [-0.2, -0.15) is 0 Å². The maximum atomic E-state index is 5.32. The minimum atomic E-state index is 0.674. The second kappa shape index (κ2) is 7.34. The first-order valence-corrected chi connectivity index (χ1v) is 8.38. The van der Waals surface area contributed by atoms with Gasteiger partial charge < -0.3 is 9.73 Å². The van der Waals surface area contributed by atoms with Crippen molar-refractivity contribution < 1.29 is 4.42 Å². The normalized spacial score (nSPS) is 11.2. The second-order valence-electron chi connectivity index (χ2n) is 5.22. The summed E-state index contributed by atoms with van der Waals surface area (Å²) in [5.41, 5.74) is 1.29. The average molecular weight is 354 g/mol. The van der Waals surface area contributed by atoms with Crippen molar-refractivity contribution in [3.8, 4) is 0 Å². The van der Waals surface area contributed by atoms with E-state index in [0.717, 1.165) is 23.3 Å². The molecule has 0 fully saturated rings. The van der Waals surface area contributed by atoms with Gasteiger partial charge in [-0.05, 0) is 43.1 Å². The third-order valence-electron chi connectivity index (χ3n) is 2.93. The van der Waals surface area contributed by atoms with E-state index in [1.54, 1.807) is 18.0 Å². The summed E-state index contributed by atoms with van der Waals surface area (Å²) < 4.78 is 6.48. The fourth-order valence-electron chi connectivity index (χ4n) is 1.84. The Balaban J connectivity index is 2.00. The van der Waals surface area contributed by atoms with Gasteiger partial charge in [0.25, 0.3) is 0 Å². The van der Waals surface area contributed by atoms with Gasteiger partial charge in [-0.3, -0.25) is 0 Å². The van der Waals surface area contributed by atoms with E-state index in [1.165, 1.54) is 15.4 Å². The molecule has 0 unspecified atom stereocenters. The zero-order valence-electron chi connectivity index (χ0n) is 12.1. The molecule has 0 aliphatic rings. The molecule has 1 aromatic heterocycles. The SMILES string of the molecule is Cc1occc1Sc1ccc(CNCC(C)C)c(Br)c1. The average Bonchev–Trinajstić information content (AvgIpc) is 2.77. The molecule has 4 heteroatoms. The minimum Gasteiger partial charge on any atom is -0.468 e. The molecule has 1 heterocycles. The molecular formula is C16H20BrNOS. The van der Waals surface area contributed by atoms with Gasteiger partial charge in [-0.15, -0.1) is 0 Å². The van der Waals surface area contributed by atoms with Crippen molar-refractivity contribution in [2.24, 2.45) is 5.92 Å². The molecule has 0 aliphatic carbocycles. The minimum absolute atomic E-state index is 0.674. The highest BCUT2D eigenvalue weighted by Crippen LogP contribution is 2.33. The van der Waals surface area contributed by atoms with Gasteiger partial charge in [-0.1, -0.05) is 47.6 Å². The molecule has 1 aromatic carbocycles. The van der Waals surface area contributed by atoms with Crippen LogP contribution in [0.4, 0.5) is 0 Å². The zero-order chi connectivity index (χ0) is 14.5. The van der Waals surface area contributed by atoms with Gasteiger partial charge in [0.05, 0.1) is 11.2 Å². The van der Waals surface area contributed by atoms with Crippen LogP contribution in [0.5, 0.6) is 0 Å². The monoisotopic (exact) mass is 353 g/mol. The molecule has 1 N–H and O–H groups in total. The van der Waals surface area contributed by atoms with Gasteiger partial charge in [0, 0.05) is 15.9 Å². The number of halogens is 1. The predicted octanol–water partition coefficient (Wildman–Crippen LogP) is 5.25. The van der Waals surface area contributed by atoms with E-state index in [9.17, 15) is 0 Å². The van der Waals surface area contributed by atoms with Gasteiger partial charge in [-0.25, -0.2) is 0 Å². The maximum Gasteiger partial charge on any atom is 0.114 e. The molecule has 20 heavy (non-hydrogen) atoms. The van der Waals surface area contributed by atoms with Crippen molar-refractivity contribution in [2.75, 3.05) is 6.54 Å². The number of rotatable bonds is 6. The molecule has 0 bridgehead atoms. The van der Waals surface area contributed by atoms with Crippen LogP contribution >= 0.6 is 27.7 Å². The van der Waals surface area contributed by atoms with Crippen LogP contribution in [0.3, 0.4) is 0 Å². The molecule has 0 saturated heterocycles. The van der Waals surface area contributed by atoms with E-state index in [4.69, 9.17) is 4.42 Å². The molecular weight excluding hydrogens is 334 g/mol. The summed E-state index contributed by atoms with van der Waals surface area (Å²) in [6.45, 7) is 8.36. The topological polar surface area (TPSA) is 25.2 Å². The Hall–Kier alpha value is -0.710. The van der Waals surface area contributed by atoms with Crippen LogP contribution in [0.1, 0.15) is 25.2 Å².